The predicted octanol–water partition coefficient (Wildman–Crippen LogP) is 4.63. The lowest BCUT2D eigenvalue weighted by Gasteiger charge is -2.16. The van der Waals surface area contributed by atoms with Crippen LogP contribution in [0.2, 0.25) is 5.02 Å². The Hall–Kier alpha value is -2.20. The number of carbonyl (C=O) groups excluding carboxylic acids is 1. The molecule has 1 aliphatic heterocycles. The van der Waals surface area contributed by atoms with Gasteiger partial charge in [0, 0.05) is 18.1 Å². The third-order valence-corrected chi connectivity index (χ3v) is 6.07. The number of imidazole rings is 1. The summed E-state index contributed by atoms with van der Waals surface area (Å²) in [5.74, 6) is -1.20. The third-order valence-electron chi connectivity index (χ3n) is 5.27. The van der Waals surface area contributed by atoms with Crippen molar-refractivity contribution >= 4 is 55.8 Å². The molecule has 3 aromatic rings. The van der Waals surface area contributed by atoms with Gasteiger partial charge in [0.1, 0.15) is 5.52 Å². The minimum absolute atomic E-state index is 0.0175. The highest BCUT2D eigenvalue weighted by atomic mass is 79.9. The van der Waals surface area contributed by atoms with Gasteiger partial charge in [-0.15, -0.1) is 0 Å². The van der Waals surface area contributed by atoms with Crippen LogP contribution < -0.4 is 10.8 Å². The number of nitrogens with one attached hydrogen (secondary N) is 2. The summed E-state index contributed by atoms with van der Waals surface area (Å²) in [5.41, 5.74) is 3.62. The van der Waals surface area contributed by atoms with Crippen LogP contribution in [0.3, 0.4) is 0 Å². The molecule has 1 saturated heterocycles. The Kier molecular flexibility index (Phi) is 6.76. The van der Waals surface area contributed by atoms with Crippen molar-refractivity contribution in [3.63, 3.8) is 0 Å². The monoisotopic (exact) mass is 509 g/mol. The van der Waals surface area contributed by atoms with Gasteiger partial charge >= 0.3 is 0 Å². The minimum atomic E-state index is -0.640. The molecule has 0 atom stereocenters. The number of nitrogens with zero attached hydrogens (tertiary/aromatic N) is 3. The summed E-state index contributed by atoms with van der Waals surface area (Å²) < 4.78 is 17.8. The SMILES string of the molecule is Cn1cnc2c(F)c(Nc3ccc(Br)cc3Cl)c(C(=O)NOCCN3CCCC3)cc21. The number of anilines is 2. The van der Waals surface area contributed by atoms with Gasteiger partial charge in [-0.05, 0) is 50.2 Å². The fourth-order valence-corrected chi connectivity index (χ4v) is 4.32. The van der Waals surface area contributed by atoms with Gasteiger partial charge in [0.15, 0.2) is 5.82 Å². The number of benzene rings is 2. The first kappa shape index (κ1) is 22.0. The van der Waals surface area contributed by atoms with Crippen molar-refractivity contribution < 1.29 is 14.0 Å². The zero-order valence-corrected chi connectivity index (χ0v) is 19.3. The van der Waals surface area contributed by atoms with Gasteiger partial charge in [0.2, 0.25) is 0 Å². The number of aromatic nitrogens is 2. The lowest BCUT2D eigenvalue weighted by molar-refractivity contribution is 0.0244. The van der Waals surface area contributed by atoms with Crippen LogP contribution in [0.4, 0.5) is 15.8 Å². The molecule has 2 N–H and O–H groups in total. The quantitative estimate of drug-likeness (QED) is 0.358. The van der Waals surface area contributed by atoms with Gasteiger partial charge in [-0.2, -0.15) is 0 Å². The first-order chi connectivity index (χ1) is 14.9. The standard InChI is InChI=1S/C21H22BrClFN5O2/c1-28-12-25-20-17(28)11-14(21(30)27-31-9-8-29-6-2-3-7-29)19(18(20)24)26-16-5-4-13(22)10-15(16)23/h4-5,10-12,26H,2-3,6-9H2,1H3,(H,27,30). The van der Waals surface area contributed by atoms with E-state index in [4.69, 9.17) is 16.4 Å². The van der Waals surface area contributed by atoms with E-state index < -0.39 is 11.7 Å². The van der Waals surface area contributed by atoms with Gasteiger partial charge < -0.3 is 14.8 Å². The normalized spacial score (nSPS) is 14.3. The van der Waals surface area contributed by atoms with Gasteiger partial charge in [-0.3, -0.25) is 9.63 Å². The van der Waals surface area contributed by atoms with Crippen molar-refractivity contribution in [1.82, 2.24) is 19.9 Å². The molecule has 1 amide bonds. The van der Waals surface area contributed by atoms with Crippen LogP contribution >= 0.6 is 27.5 Å². The van der Waals surface area contributed by atoms with Crippen LogP contribution in [0.25, 0.3) is 11.0 Å². The number of aryl methyl sites for hydroxylation is 1. The molecule has 4 rings (SSSR count). The summed E-state index contributed by atoms with van der Waals surface area (Å²) in [7, 11) is 1.74. The molecular weight excluding hydrogens is 489 g/mol. The number of hydrogen-bond donors (Lipinski definition) is 2. The fraction of sp³-hybridized carbons (Fsp3) is 0.333. The summed E-state index contributed by atoms with van der Waals surface area (Å²) >= 11 is 9.63. The lowest BCUT2D eigenvalue weighted by atomic mass is 10.1. The molecule has 0 unspecified atom stereocenters. The van der Waals surface area contributed by atoms with Gasteiger partial charge in [0.05, 0.1) is 40.4 Å². The average molecular weight is 511 g/mol. The number of amides is 1. The Morgan fingerprint density at radius 1 is 1.32 bits per heavy atom. The molecule has 1 fully saturated rings. The van der Waals surface area contributed by atoms with Gasteiger partial charge in [-0.1, -0.05) is 27.5 Å². The van der Waals surface area contributed by atoms with Crippen molar-refractivity contribution in [3.05, 3.63) is 51.5 Å². The number of fused-ring (bicyclic) bond motifs is 1. The Morgan fingerprint density at radius 2 is 2.10 bits per heavy atom. The van der Waals surface area contributed by atoms with Gasteiger partial charge in [-0.25, -0.2) is 14.9 Å². The highest BCUT2D eigenvalue weighted by Gasteiger charge is 2.22. The van der Waals surface area contributed by atoms with Crippen molar-refractivity contribution in [2.45, 2.75) is 12.8 Å². The smallest absolute Gasteiger partial charge is 0.277 e. The average Bonchev–Trinajstić information content (AvgIpc) is 3.39. The molecule has 31 heavy (non-hydrogen) atoms. The summed E-state index contributed by atoms with van der Waals surface area (Å²) in [5, 5.41) is 3.33. The highest BCUT2D eigenvalue weighted by Crippen LogP contribution is 2.34. The van der Waals surface area contributed by atoms with Crippen LogP contribution in [-0.4, -0.2) is 46.6 Å². The number of likely N-dealkylation sites (tertiary alicyclic amines) is 1. The molecule has 0 bridgehead atoms. The number of halogens is 3. The molecule has 0 spiro atoms. The topological polar surface area (TPSA) is 71.4 Å². The lowest BCUT2D eigenvalue weighted by Crippen LogP contribution is -2.30. The largest absolute Gasteiger partial charge is 0.351 e. The van der Waals surface area contributed by atoms with Crippen LogP contribution in [-0.2, 0) is 11.9 Å². The maximum Gasteiger partial charge on any atom is 0.277 e. The molecule has 7 nitrogen and oxygen atoms in total. The Bertz CT molecular complexity index is 1120. The maximum atomic E-state index is 15.4. The van der Waals surface area contributed by atoms with E-state index in [-0.39, 0.29) is 16.8 Å². The summed E-state index contributed by atoms with van der Waals surface area (Å²) in [6, 6.07) is 6.73. The van der Waals surface area contributed by atoms with E-state index in [1.165, 1.54) is 19.2 Å². The van der Waals surface area contributed by atoms with Crippen molar-refractivity contribution in [3.8, 4) is 0 Å². The fourth-order valence-electron chi connectivity index (χ4n) is 3.60. The van der Waals surface area contributed by atoms with E-state index >= 15 is 4.39 Å². The number of hydroxylamine groups is 1. The Labute approximate surface area is 192 Å². The first-order valence-electron chi connectivity index (χ1n) is 9.94. The predicted molar refractivity (Wildman–Crippen MR) is 122 cm³/mol. The summed E-state index contributed by atoms with van der Waals surface area (Å²) in [6.07, 6.45) is 3.87. The Balaban J connectivity index is 1.59. The van der Waals surface area contributed by atoms with Crippen LogP contribution in [0, 0.1) is 5.82 Å². The van der Waals surface area contributed by atoms with Crippen molar-refractivity contribution in [1.29, 1.82) is 0 Å². The number of carbonyl (C=O) groups is 1. The molecule has 0 aliphatic carbocycles. The molecule has 2 heterocycles. The minimum Gasteiger partial charge on any atom is -0.351 e. The van der Waals surface area contributed by atoms with E-state index in [0.717, 1.165) is 24.1 Å². The van der Waals surface area contributed by atoms with Crippen LogP contribution in [0.5, 0.6) is 0 Å². The molecule has 10 heteroatoms. The molecule has 2 aromatic carbocycles. The molecule has 0 saturated carbocycles. The molecule has 1 aromatic heterocycles. The van der Waals surface area contributed by atoms with E-state index in [0.29, 0.717) is 22.8 Å². The second-order valence-electron chi connectivity index (χ2n) is 7.41. The second-order valence-corrected chi connectivity index (χ2v) is 8.74. The van der Waals surface area contributed by atoms with Crippen LogP contribution in [0.15, 0.2) is 35.1 Å². The number of rotatable bonds is 7. The van der Waals surface area contributed by atoms with E-state index in [1.54, 1.807) is 35.9 Å². The molecule has 0 radical (unpaired) electrons. The molecule has 164 valence electrons. The summed E-state index contributed by atoms with van der Waals surface area (Å²) in [6.45, 7) is 3.17. The van der Waals surface area contributed by atoms with Crippen molar-refractivity contribution in [2.75, 3.05) is 31.6 Å². The van der Waals surface area contributed by atoms with Crippen molar-refractivity contribution in [2.24, 2.45) is 7.05 Å². The molecular formula is C21H22BrClFN5O2. The maximum absolute atomic E-state index is 15.4. The zero-order chi connectivity index (χ0) is 22.0. The van der Waals surface area contributed by atoms with Gasteiger partial charge in [0.25, 0.3) is 5.91 Å². The number of hydrogen-bond acceptors (Lipinski definition) is 5. The third kappa shape index (κ3) is 4.85. The van der Waals surface area contributed by atoms with E-state index in [2.05, 4.69) is 36.6 Å². The first-order valence-corrected chi connectivity index (χ1v) is 11.1. The zero-order valence-electron chi connectivity index (χ0n) is 16.9. The summed E-state index contributed by atoms with van der Waals surface area (Å²) in [4.78, 5) is 24.7. The highest BCUT2D eigenvalue weighted by molar-refractivity contribution is 9.10. The Morgan fingerprint density at radius 3 is 2.84 bits per heavy atom. The second kappa shape index (κ2) is 9.52. The molecule has 1 aliphatic rings. The van der Waals surface area contributed by atoms with Crippen LogP contribution in [0.1, 0.15) is 23.2 Å². The van der Waals surface area contributed by atoms with E-state index in [9.17, 15) is 4.79 Å². The van der Waals surface area contributed by atoms with E-state index in [1.807, 2.05) is 0 Å².